The lowest BCUT2D eigenvalue weighted by atomic mass is 9.34. The second kappa shape index (κ2) is 23.7. The monoisotopic (exact) mass is 1120 g/mol. The zero-order chi connectivity index (χ0) is 57.5. The molecule has 4 saturated carbocycles. The summed E-state index contributed by atoms with van der Waals surface area (Å²) >= 11 is 0. The number of hydrogen-bond donors (Lipinski definition) is 16. The minimum absolute atomic E-state index is 0.194. The van der Waals surface area contributed by atoms with Crippen LogP contribution < -0.4 is 0 Å². The molecule has 4 aliphatic carbocycles. The minimum Gasteiger partial charge on any atom is -0.394 e. The zero-order valence-corrected chi connectivity index (χ0v) is 46.1. The lowest BCUT2D eigenvalue weighted by Crippen LogP contribution is -2.71. The van der Waals surface area contributed by atoms with E-state index in [-0.39, 0.29) is 12.3 Å². The van der Waals surface area contributed by atoms with E-state index in [0.29, 0.717) is 44.9 Å². The summed E-state index contributed by atoms with van der Waals surface area (Å²) in [5, 5.41) is 176. The fourth-order valence-electron chi connectivity index (χ4n) is 16.4. The van der Waals surface area contributed by atoms with Crippen LogP contribution in [0.25, 0.3) is 0 Å². The lowest BCUT2D eigenvalue weighted by Gasteiger charge is -2.72. The molecule has 0 aromatic rings. The second-order valence-electron chi connectivity index (χ2n) is 25.9. The molecule has 8 aliphatic rings. The van der Waals surface area contributed by atoms with Gasteiger partial charge in [0, 0.05) is 0 Å². The van der Waals surface area contributed by atoms with E-state index >= 15 is 0 Å². The quantitative estimate of drug-likeness (QED) is 0.0534. The van der Waals surface area contributed by atoms with Gasteiger partial charge in [-0.05, 0) is 117 Å². The molecule has 0 aromatic heterocycles. The minimum atomic E-state index is -1.90. The lowest BCUT2D eigenvalue weighted by molar-refractivity contribution is -0.385. The molecule has 8 fully saturated rings. The average molecular weight is 1130 g/mol. The predicted octanol–water partition coefficient (Wildman–Crippen LogP) is -3.23. The number of fused-ring (bicyclic) bond motifs is 5. The maximum Gasteiger partial charge on any atom is 0.187 e. The molecule has 31 unspecified atom stereocenters. The van der Waals surface area contributed by atoms with Gasteiger partial charge in [-0.3, -0.25) is 0 Å². The van der Waals surface area contributed by atoms with Crippen LogP contribution in [0.5, 0.6) is 0 Å². The Morgan fingerprint density at radius 1 is 0.551 bits per heavy atom. The van der Waals surface area contributed by atoms with Crippen molar-refractivity contribution in [3.63, 3.8) is 0 Å². The summed E-state index contributed by atoms with van der Waals surface area (Å²) < 4.78 is 50.4. The average Bonchev–Trinajstić information content (AvgIpc) is 2.11. The van der Waals surface area contributed by atoms with Crippen LogP contribution in [0.4, 0.5) is 0 Å². The summed E-state index contributed by atoms with van der Waals surface area (Å²) in [6, 6.07) is 0. The van der Waals surface area contributed by atoms with Gasteiger partial charge in [0.2, 0.25) is 0 Å². The smallest absolute Gasteiger partial charge is 0.187 e. The highest BCUT2D eigenvalue weighted by Gasteiger charge is 2.74. The van der Waals surface area contributed by atoms with E-state index in [0.717, 1.165) is 5.57 Å². The summed E-state index contributed by atoms with van der Waals surface area (Å²) in [5.41, 5.74) is -3.18. The van der Waals surface area contributed by atoms with Crippen molar-refractivity contribution in [1.82, 2.24) is 0 Å². The summed E-state index contributed by atoms with van der Waals surface area (Å²) in [7, 11) is 0. The molecule has 0 bridgehead atoms. The van der Waals surface area contributed by atoms with E-state index in [9.17, 15) is 81.7 Å². The first kappa shape index (κ1) is 62.8. The molecular formula is C54H92O24. The first-order chi connectivity index (χ1) is 36.5. The molecular weight excluding hydrogens is 1030 g/mol. The molecule has 31 atom stereocenters. The third kappa shape index (κ3) is 10.7. The highest BCUT2D eigenvalue weighted by Crippen LogP contribution is 2.76. The van der Waals surface area contributed by atoms with Gasteiger partial charge >= 0.3 is 0 Å². The molecule has 16 N–H and O–H groups in total. The van der Waals surface area contributed by atoms with Crippen molar-refractivity contribution in [2.45, 2.75) is 253 Å². The van der Waals surface area contributed by atoms with Crippen molar-refractivity contribution in [3.8, 4) is 0 Å². The van der Waals surface area contributed by atoms with E-state index in [1.165, 1.54) is 0 Å². The normalized spacial score (nSPS) is 53.1. The Bertz CT molecular complexity index is 2030. The van der Waals surface area contributed by atoms with E-state index in [1.54, 1.807) is 0 Å². The van der Waals surface area contributed by atoms with Gasteiger partial charge in [-0.2, -0.15) is 0 Å². The molecule has 0 radical (unpaired) electrons. The summed E-state index contributed by atoms with van der Waals surface area (Å²) in [6.07, 6.45) is -30.8. The van der Waals surface area contributed by atoms with Gasteiger partial charge in [0.1, 0.15) is 97.7 Å². The van der Waals surface area contributed by atoms with E-state index in [2.05, 4.69) is 20.8 Å². The molecule has 0 amide bonds. The number of hydrogen-bond acceptors (Lipinski definition) is 24. The van der Waals surface area contributed by atoms with Gasteiger partial charge in [0.15, 0.2) is 25.2 Å². The zero-order valence-electron chi connectivity index (χ0n) is 46.1. The maximum atomic E-state index is 13.0. The number of allylic oxidation sites excluding steroid dienone is 2. The number of ether oxygens (including phenoxy) is 8. The molecule has 452 valence electrons. The van der Waals surface area contributed by atoms with Gasteiger partial charge in [-0.1, -0.05) is 46.3 Å². The highest BCUT2D eigenvalue weighted by atomic mass is 16.8. The molecule has 4 heterocycles. The molecule has 24 nitrogen and oxygen atoms in total. The number of aliphatic hydroxyl groups is 16. The number of aliphatic hydroxyl groups excluding tert-OH is 16. The Kier molecular flexibility index (Phi) is 19.1. The summed E-state index contributed by atoms with van der Waals surface area (Å²) in [4.78, 5) is 0. The van der Waals surface area contributed by atoms with Gasteiger partial charge in [0.05, 0.1) is 50.3 Å². The van der Waals surface area contributed by atoms with E-state index < -0.39 is 213 Å². The molecule has 24 heteroatoms. The molecule has 8 rings (SSSR count). The van der Waals surface area contributed by atoms with Crippen LogP contribution in [0.3, 0.4) is 0 Å². The first-order valence-corrected chi connectivity index (χ1v) is 28.0. The van der Waals surface area contributed by atoms with Crippen LogP contribution >= 0.6 is 0 Å². The van der Waals surface area contributed by atoms with Crippen molar-refractivity contribution in [1.29, 1.82) is 0 Å². The summed E-state index contributed by atoms with van der Waals surface area (Å²) in [5.74, 6) is -1.64. The fourth-order valence-corrected chi connectivity index (χ4v) is 16.4. The summed E-state index contributed by atoms with van der Waals surface area (Å²) in [6.45, 7) is 13.2. The van der Waals surface area contributed by atoms with Gasteiger partial charge in [0.25, 0.3) is 0 Å². The van der Waals surface area contributed by atoms with Crippen LogP contribution in [0.15, 0.2) is 11.6 Å². The molecule has 4 saturated heterocycles. The van der Waals surface area contributed by atoms with Gasteiger partial charge < -0.3 is 120 Å². The Hall–Kier alpha value is -1.22. The van der Waals surface area contributed by atoms with E-state index in [1.807, 2.05) is 40.7 Å². The van der Waals surface area contributed by atoms with Crippen LogP contribution in [0, 0.1) is 45.3 Å². The standard InChI is InChI=1S/C54H92O24/c1-22(2)10-9-13-54(8,78-49-44(40(68)36(64)29(21-58)75-49)77-47-42(70)38(66)34(62)27(19-56)73-47)23-11-15-52(6)32(23)24(59)16-30-51(5)14-12-31(60)50(3,4)45(51)25(17-53(30,52)7)71-48-43(39(67)35(63)28(20-57)74-48)76-46-41(69)37(65)33(61)26(18-55)72-46/h10,23-49,55-70H,9,11-21H2,1-8H3. The molecule has 0 spiro atoms. The molecule has 78 heavy (non-hydrogen) atoms. The molecule has 4 aliphatic heterocycles. The Balaban J connectivity index is 1.16. The third-order valence-corrected chi connectivity index (χ3v) is 20.8. The number of rotatable bonds is 16. The molecule has 0 aromatic carbocycles. The Morgan fingerprint density at radius 3 is 1.50 bits per heavy atom. The van der Waals surface area contributed by atoms with Crippen molar-refractivity contribution < 1.29 is 120 Å². The van der Waals surface area contributed by atoms with E-state index in [4.69, 9.17) is 37.9 Å². The third-order valence-electron chi connectivity index (χ3n) is 20.8. The van der Waals surface area contributed by atoms with Crippen molar-refractivity contribution >= 4 is 0 Å². The predicted molar refractivity (Wildman–Crippen MR) is 268 cm³/mol. The second-order valence-corrected chi connectivity index (χ2v) is 25.9. The van der Waals surface area contributed by atoms with Crippen LogP contribution in [0.1, 0.15) is 107 Å². The SMILES string of the molecule is CC(C)=CCCC(C)(OC1OC(CO)C(O)C(O)C1OC1OC(CO)C(O)C(O)C1O)C1CCC2(C)C1C(O)CC1C3(C)CCC(O)C(C)(C)C3C(OC3OC(CO)C(O)C(O)C3OC3OC(CO)C(O)C(O)C3O)CC12C. The van der Waals surface area contributed by atoms with Crippen LogP contribution in [-0.4, -0.2) is 255 Å². The van der Waals surface area contributed by atoms with Crippen molar-refractivity contribution in [2.24, 2.45) is 45.3 Å². The van der Waals surface area contributed by atoms with Gasteiger partial charge in [-0.25, -0.2) is 0 Å². The van der Waals surface area contributed by atoms with Gasteiger partial charge in [-0.15, -0.1) is 0 Å². The topological polar surface area (TPSA) is 398 Å². The van der Waals surface area contributed by atoms with Crippen LogP contribution in [0.2, 0.25) is 0 Å². The Labute approximate surface area is 455 Å². The first-order valence-electron chi connectivity index (χ1n) is 28.0. The van der Waals surface area contributed by atoms with Crippen LogP contribution in [-0.2, 0) is 37.9 Å². The van der Waals surface area contributed by atoms with Crippen molar-refractivity contribution in [3.05, 3.63) is 11.6 Å². The highest BCUT2D eigenvalue weighted by molar-refractivity contribution is 5.22. The Morgan fingerprint density at radius 2 is 1.01 bits per heavy atom. The maximum absolute atomic E-state index is 13.0. The largest absolute Gasteiger partial charge is 0.394 e. The fraction of sp³-hybridized carbons (Fsp3) is 0.963. The van der Waals surface area contributed by atoms with Crippen molar-refractivity contribution in [2.75, 3.05) is 26.4 Å².